The summed E-state index contributed by atoms with van der Waals surface area (Å²) in [5, 5.41) is 2.32. The Hall–Kier alpha value is -2.05. The Bertz CT molecular complexity index is 624. The van der Waals surface area contributed by atoms with Crippen LogP contribution >= 0.6 is 0 Å². The molecular weight excluding hydrogens is 309 g/mol. The first-order valence-corrected chi connectivity index (χ1v) is 7.64. The van der Waals surface area contributed by atoms with Crippen molar-refractivity contribution >= 4 is 17.5 Å². The summed E-state index contributed by atoms with van der Waals surface area (Å²) < 4.78 is 38.7. The molecule has 3 rings (SSSR count). The van der Waals surface area contributed by atoms with E-state index in [1.165, 1.54) is 18.2 Å². The van der Waals surface area contributed by atoms with E-state index in [1.54, 1.807) is 4.90 Å². The molecule has 1 aliphatic heterocycles. The van der Waals surface area contributed by atoms with Crippen molar-refractivity contribution in [1.29, 1.82) is 0 Å². The van der Waals surface area contributed by atoms with E-state index < -0.39 is 23.6 Å². The predicted octanol–water partition coefficient (Wildman–Crippen LogP) is 2.90. The third-order valence-corrected chi connectivity index (χ3v) is 4.35. The van der Waals surface area contributed by atoms with Crippen LogP contribution in [0.1, 0.15) is 24.8 Å². The maximum absolute atomic E-state index is 12.9. The summed E-state index contributed by atoms with van der Waals surface area (Å²) in [6.07, 6.45) is -2.18. The monoisotopic (exact) mass is 326 g/mol. The quantitative estimate of drug-likeness (QED) is 0.928. The van der Waals surface area contributed by atoms with Crippen molar-refractivity contribution in [3.8, 4) is 0 Å². The lowest BCUT2D eigenvalue weighted by Crippen LogP contribution is -2.30. The normalized spacial score (nSPS) is 23.7. The third kappa shape index (κ3) is 3.33. The van der Waals surface area contributed by atoms with Crippen LogP contribution in [0.5, 0.6) is 0 Å². The Labute approximate surface area is 131 Å². The van der Waals surface area contributed by atoms with Crippen molar-refractivity contribution in [1.82, 2.24) is 4.90 Å². The summed E-state index contributed by atoms with van der Waals surface area (Å²) in [5.74, 6) is -1.47. The summed E-state index contributed by atoms with van der Waals surface area (Å²) >= 11 is 0. The van der Waals surface area contributed by atoms with Crippen molar-refractivity contribution < 1.29 is 22.8 Å². The first-order valence-electron chi connectivity index (χ1n) is 7.64. The van der Waals surface area contributed by atoms with Gasteiger partial charge in [0.1, 0.15) is 0 Å². The maximum atomic E-state index is 12.9. The number of nitrogens with one attached hydrogen (secondary N) is 1. The van der Waals surface area contributed by atoms with Crippen molar-refractivity contribution in [2.45, 2.75) is 25.4 Å². The van der Waals surface area contributed by atoms with Gasteiger partial charge in [-0.15, -0.1) is 0 Å². The van der Waals surface area contributed by atoms with Gasteiger partial charge >= 0.3 is 6.18 Å². The molecule has 124 valence electrons. The highest BCUT2D eigenvalue weighted by Crippen LogP contribution is 2.42. The fourth-order valence-electron chi connectivity index (χ4n) is 2.99. The van der Waals surface area contributed by atoms with Crippen molar-refractivity contribution in [2.24, 2.45) is 11.8 Å². The zero-order chi connectivity index (χ0) is 16.6. The first-order chi connectivity index (χ1) is 10.9. The number of likely N-dealkylation sites (tertiary alicyclic amines) is 1. The van der Waals surface area contributed by atoms with E-state index in [9.17, 15) is 22.8 Å². The predicted molar refractivity (Wildman–Crippen MR) is 77.5 cm³/mol. The van der Waals surface area contributed by atoms with Crippen LogP contribution in [0.3, 0.4) is 0 Å². The molecular formula is C16H17F3N2O2. The van der Waals surface area contributed by atoms with Gasteiger partial charge in [0.05, 0.1) is 23.1 Å². The van der Waals surface area contributed by atoms with Crippen LogP contribution in [0.25, 0.3) is 0 Å². The Morgan fingerprint density at radius 2 is 1.74 bits per heavy atom. The van der Waals surface area contributed by atoms with E-state index in [0.717, 1.165) is 18.9 Å². The smallest absolute Gasteiger partial charge is 0.342 e. The molecule has 0 aromatic heterocycles. The molecule has 1 aliphatic carbocycles. The highest BCUT2D eigenvalue weighted by Gasteiger charge is 2.50. The average Bonchev–Trinajstić information content (AvgIpc) is 3.11. The second kappa shape index (κ2) is 5.86. The number of hydrogen-bond donors (Lipinski definition) is 1. The Kier molecular flexibility index (Phi) is 4.04. The van der Waals surface area contributed by atoms with Gasteiger partial charge < -0.3 is 10.2 Å². The van der Waals surface area contributed by atoms with Gasteiger partial charge in [-0.05, 0) is 31.4 Å². The van der Waals surface area contributed by atoms with Crippen LogP contribution in [0.15, 0.2) is 24.3 Å². The van der Waals surface area contributed by atoms with E-state index in [-0.39, 0.29) is 17.5 Å². The molecule has 2 atom stereocenters. The minimum Gasteiger partial charge on any atom is -0.342 e. The summed E-state index contributed by atoms with van der Waals surface area (Å²) in [6.45, 7) is 1.42. The molecule has 1 N–H and O–H groups in total. The van der Waals surface area contributed by atoms with Gasteiger partial charge in [-0.25, -0.2) is 0 Å². The van der Waals surface area contributed by atoms with Crippen LogP contribution in [0.2, 0.25) is 0 Å². The van der Waals surface area contributed by atoms with Gasteiger partial charge in [0.15, 0.2) is 0 Å². The standard InChI is InChI=1S/C16H17F3N2O2/c17-16(18,19)12-5-1-2-6-13(12)20-14(22)10-9-11(10)15(23)21-7-3-4-8-21/h1-2,5-6,10-11H,3-4,7-9H2,(H,20,22). The molecule has 2 aliphatic rings. The van der Waals surface area contributed by atoms with Crippen molar-refractivity contribution in [3.63, 3.8) is 0 Å². The largest absolute Gasteiger partial charge is 0.418 e. The van der Waals surface area contributed by atoms with Crippen LogP contribution in [-0.4, -0.2) is 29.8 Å². The lowest BCUT2D eigenvalue weighted by Gasteiger charge is -2.15. The van der Waals surface area contributed by atoms with Crippen molar-refractivity contribution in [3.05, 3.63) is 29.8 Å². The number of alkyl halides is 3. The molecule has 1 saturated carbocycles. The molecule has 0 radical (unpaired) electrons. The fourth-order valence-corrected chi connectivity index (χ4v) is 2.99. The minimum atomic E-state index is -4.53. The second-order valence-corrected chi connectivity index (χ2v) is 6.01. The number of para-hydroxylation sites is 1. The summed E-state index contributed by atoms with van der Waals surface area (Å²) in [4.78, 5) is 26.0. The van der Waals surface area contributed by atoms with Gasteiger partial charge in [-0.2, -0.15) is 13.2 Å². The van der Waals surface area contributed by atoms with E-state index in [1.807, 2.05) is 0 Å². The number of amides is 2. The molecule has 2 amide bonds. The topological polar surface area (TPSA) is 49.4 Å². The molecule has 1 aromatic rings. The SMILES string of the molecule is O=C(Nc1ccccc1C(F)(F)F)C1CC1C(=O)N1CCCC1. The van der Waals surface area contributed by atoms with Gasteiger partial charge in [0, 0.05) is 13.1 Å². The number of anilines is 1. The molecule has 1 saturated heterocycles. The summed E-state index contributed by atoms with van der Waals surface area (Å²) in [6, 6.07) is 4.86. The Balaban J connectivity index is 1.64. The van der Waals surface area contributed by atoms with E-state index >= 15 is 0 Å². The highest BCUT2D eigenvalue weighted by atomic mass is 19.4. The number of benzene rings is 1. The van der Waals surface area contributed by atoms with Crippen LogP contribution in [0.4, 0.5) is 18.9 Å². The zero-order valence-electron chi connectivity index (χ0n) is 12.4. The van der Waals surface area contributed by atoms with E-state index in [4.69, 9.17) is 0 Å². The van der Waals surface area contributed by atoms with Crippen LogP contribution in [-0.2, 0) is 15.8 Å². The van der Waals surface area contributed by atoms with Gasteiger partial charge in [-0.3, -0.25) is 9.59 Å². The number of carbonyl (C=O) groups excluding carboxylic acids is 2. The zero-order valence-corrected chi connectivity index (χ0v) is 12.4. The molecule has 2 fully saturated rings. The first kappa shape index (κ1) is 15.8. The molecule has 7 heteroatoms. The summed E-state index contributed by atoms with van der Waals surface area (Å²) in [7, 11) is 0. The Morgan fingerprint density at radius 1 is 1.09 bits per heavy atom. The van der Waals surface area contributed by atoms with Gasteiger partial charge in [0.25, 0.3) is 0 Å². The van der Waals surface area contributed by atoms with E-state index in [2.05, 4.69) is 5.32 Å². The minimum absolute atomic E-state index is 0.0493. The van der Waals surface area contributed by atoms with Gasteiger partial charge in [0.2, 0.25) is 11.8 Å². The molecule has 23 heavy (non-hydrogen) atoms. The molecule has 4 nitrogen and oxygen atoms in total. The number of halogens is 3. The fraction of sp³-hybridized carbons (Fsp3) is 0.500. The molecule has 0 spiro atoms. The third-order valence-electron chi connectivity index (χ3n) is 4.35. The second-order valence-electron chi connectivity index (χ2n) is 6.01. The number of hydrogen-bond acceptors (Lipinski definition) is 2. The van der Waals surface area contributed by atoms with Crippen molar-refractivity contribution in [2.75, 3.05) is 18.4 Å². The maximum Gasteiger partial charge on any atom is 0.418 e. The molecule has 1 aromatic carbocycles. The highest BCUT2D eigenvalue weighted by molar-refractivity contribution is 6.00. The number of nitrogens with zero attached hydrogens (tertiary/aromatic N) is 1. The lowest BCUT2D eigenvalue weighted by molar-refractivity contribution is -0.137. The Morgan fingerprint density at radius 3 is 2.39 bits per heavy atom. The van der Waals surface area contributed by atoms with E-state index in [0.29, 0.717) is 19.5 Å². The van der Waals surface area contributed by atoms with Crippen LogP contribution in [0, 0.1) is 11.8 Å². The average molecular weight is 326 g/mol. The number of rotatable bonds is 3. The summed E-state index contributed by atoms with van der Waals surface area (Å²) in [5.41, 5.74) is -1.14. The number of carbonyl (C=O) groups is 2. The van der Waals surface area contributed by atoms with Crippen LogP contribution < -0.4 is 5.32 Å². The lowest BCUT2D eigenvalue weighted by atomic mass is 10.1. The molecule has 2 unspecified atom stereocenters. The molecule has 0 bridgehead atoms. The van der Waals surface area contributed by atoms with Gasteiger partial charge in [-0.1, -0.05) is 12.1 Å². The molecule has 1 heterocycles.